The van der Waals surface area contributed by atoms with E-state index in [0.29, 0.717) is 0 Å². The average Bonchev–Trinajstić information content (AvgIpc) is 2.35. The van der Waals surface area contributed by atoms with Crippen molar-refractivity contribution >= 4 is 10.9 Å². The Hall–Kier alpha value is -1.67. The van der Waals surface area contributed by atoms with Gasteiger partial charge in [-0.25, -0.2) is 0 Å². The summed E-state index contributed by atoms with van der Waals surface area (Å²) in [5.74, 6) is 0. The third-order valence-electron chi connectivity index (χ3n) is 2.75. The number of pyridine rings is 1. The lowest BCUT2D eigenvalue weighted by Crippen LogP contribution is -2.10. The molecule has 1 heterocycles. The minimum atomic E-state index is 0.0385. The molecule has 0 aliphatic carbocycles. The summed E-state index contributed by atoms with van der Waals surface area (Å²) in [6.07, 6.45) is 5.56. The van der Waals surface area contributed by atoms with Crippen LogP contribution in [0.4, 0.5) is 0 Å². The van der Waals surface area contributed by atoms with Gasteiger partial charge in [0.25, 0.3) is 0 Å². The topological polar surface area (TPSA) is 38.9 Å². The van der Waals surface area contributed by atoms with Crippen LogP contribution in [-0.2, 0) is 0 Å². The Morgan fingerprint density at radius 2 is 2.12 bits per heavy atom. The van der Waals surface area contributed by atoms with Crippen LogP contribution in [0.3, 0.4) is 0 Å². The Kier molecular flexibility index (Phi) is 3.32. The monoisotopic (exact) mass is 212 g/mol. The van der Waals surface area contributed by atoms with Crippen molar-refractivity contribution in [1.82, 2.24) is 4.98 Å². The van der Waals surface area contributed by atoms with Crippen LogP contribution in [0.5, 0.6) is 0 Å². The number of hydrogen-bond donors (Lipinski definition) is 1. The van der Waals surface area contributed by atoms with Crippen LogP contribution in [0.25, 0.3) is 10.9 Å². The van der Waals surface area contributed by atoms with E-state index in [0.717, 1.165) is 29.3 Å². The van der Waals surface area contributed by atoms with Crippen molar-refractivity contribution in [2.75, 3.05) is 0 Å². The summed E-state index contributed by atoms with van der Waals surface area (Å²) in [5.41, 5.74) is 8.30. The SMILES string of the molecule is C=CCCC(N)c1cccc2cccnc12. The molecule has 2 aromatic rings. The van der Waals surface area contributed by atoms with Gasteiger partial charge in [-0.1, -0.05) is 30.3 Å². The molecule has 1 aromatic carbocycles. The molecule has 0 aliphatic heterocycles. The van der Waals surface area contributed by atoms with Crippen LogP contribution in [0.1, 0.15) is 24.4 Å². The second-order valence-electron chi connectivity index (χ2n) is 3.89. The summed E-state index contributed by atoms with van der Waals surface area (Å²) in [5, 5.41) is 1.15. The van der Waals surface area contributed by atoms with Crippen LogP contribution in [0, 0.1) is 0 Å². The first-order valence-electron chi connectivity index (χ1n) is 5.53. The summed E-state index contributed by atoms with van der Waals surface area (Å²) in [4.78, 5) is 4.40. The second-order valence-corrected chi connectivity index (χ2v) is 3.89. The third kappa shape index (κ3) is 2.12. The summed E-state index contributed by atoms with van der Waals surface area (Å²) in [6.45, 7) is 3.72. The number of nitrogens with two attached hydrogens (primary N) is 1. The minimum Gasteiger partial charge on any atom is -0.324 e. The van der Waals surface area contributed by atoms with Crippen molar-refractivity contribution in [2.45, 2.75) is 18.9 Å². The Morgan fingerprint density at radius 1 is 1.31 bits per heavy atom. The van der Waals surface area contributed by atoms with E-state index in [9.17, 15) is 0 Å². The Bertz CT molecular complexity index is 486. The van der Waals surface area contributed by atoms with Crippen LogP contribution in [0.2, 0.25) is 0 Å². The van der Waals surface area contributed by atoms with E-state index in [1.807, 2.05) is 24.4 Å². The fourth-order valence-electron chi connectivity index (χ4n) is 1.88. The first-order chi connectivity index (χ1) is 7.83. The van der Waals surface area contributed by atoms with Crippen molar-refractivity contribution in [3.05, 3.63) is 54.7 Å². The van der Waals surface area contributed by atoms with E-state index in [2.05, 4.69) is 29.8 Å². The van der Waals surface area contributed by atoms with E-state index >= 15 is 0 Å². The van der Waals surface area contributed by atoms with E-state index in [1.165, 1.54) is 0 Å². The van der Waals surface area contributed by atoms with E-state index in [1.54, 1.807) is 0 Å². The van der Waals surface area contributed by atoms with Gasteiger partial charge in [0.1, 0.15) is 0 Å². The zero-order chi connectivity index (χ0) is 11.4. The summed E-state index contributed by atoms with van der Waals surface area (Å²) in [6, 6.07) is 10.2. The normalized spacial score (nSPS) is 12.6. The Labute approximate surface area is 95.8 Å². The number of para-hydroxylation sites is 1. The highest BCUT2D eigenvalue weighted by atomic mass is 14.7. The maximum Gasteiger partial charge on any atom is 0.0749 e. The van der Waals surface area contributed by atoms with E-state index in [-0.39, 0.29) is 6.04 Å². The van der Waals surface area contributed by atoms with Crippen LogP contribution < -0.4 is 5.73 Å². The lowest BCUT2D eigenvalue weighted by molar-refractivity contribution is 0.665. The molecule has 1 atom stereocenters. The quantitative estimate of drug-likeness (QED) is 0.790. The van der Waals surface area contributed by atoms with Gasteiger partial charge in [0.05, 0.1) is 5.52 Å². The van der Waals surface area contributed by atoms with Crippen LogP contribution in [0.15, 0.2) is 49.2 Å². The Morgan fingerprint density at radius 3 is 2.94 bits per heavy atom. The molecule has 0 bridgehead atoms. The molecule has 2 rings (SSSR count). The second kappa shape index (κ2) is 4.90. The lowest BCUT2D eigenvalue weighted by atomic mass is 10.00. The van der Waals surface area contributed by atoms with Gasteiger partial charge in [-0.2, -0.15) is 0 Å². The van der Waals surface area contributed by atoms with Crippen LogP contribution >= 0.6 is 0 Å². The lowest BCUT2D eigenvalue weighted by Gasteiger charge is -2.12. The number of nitrogens with zero attached hydrogens (tertiary/aromatic N) is 1. The largest absolute Gasteiger partial charge is 0.324 e. The number of aromatic nitrogens is 1. The molecule has 0 saturated heterocycles. The highest BCUT2D eigenvalue weighted by Crippen LogP contribution is 2.23. The zero-order valence-electron chi connectivity index (χ0n) is 9.26. The molecule has 0 radical (unpaired) electrons. The van der Waals surface area contributed by atoms with Gasteiger partial charge >= 0.3 is 0 Å². The summed E-state index contributed by atoms with van der Waals surface area (Å²) < 4.78 is 0. The zero-order valence-corrected chi connectivity index (χ0v) is 9.26. The fraction of sp³-hybridized carbons (Fsp3) is 0.214. The molecule has 2 heteroatoms. The number of benzene rings is 1. The first kappa shape index (κ1) is 10.8. The molecule has 2 nitrogen and oxygen atoms in total. The van der Waals surface area contributed by atoms with Gasteiger partial charge < -0.3 is 5.73 Å². The highest BCUT2D eigenvalue weighted by molar-refractivity contribution is 5.81. The molecule has 1 unspecified atom stereocenters. The van der Waals surface area contributed by atoms with Crippen molar-refractivity contribution in [3.63, 3.8) is 0 Å². The molecule has 0 spiro atoms. The molecule has 82 valence electrons. The molecule has 2 N–H and O–H groups in total. The highest BCUT2D eigenvalue weighted by Gasteiger charge is 2.09. The summed E-state index contributed by atoms with van der Waals surface area (Å²) in [7, 11) is 0. The predicted octanol–water partition coefficient (Wildman–Crippen LogP) is 3.20. The number of rotatable bonds is 4. The molecule has 0 amide bonds. The van der Waals surface area contributed by atoms with Crippen molar-refractivity contribution in [1.29, 1.82) is 0 Å². The molecule has 0 fully saturated rings. The number of hydrogen-bond acceptors (Lipinski definition) is 2. The smallest absolute Gasteiger partial charge is 0.0749 e. The molecular weight excluding hydrogens is 196 g/mol. The average molecular weight is 212 g/mol. The van der Waals surface area contributed by atoms with Gasteiger partial charge in [0.2, 0.25) is 0 Å². The van der Waals surface area contributed by atoms with Crippen LogP contribution in [-0.4, -0.2) is 4.98 Å². The van der Waals surface area contributed by atoms with Crippen molar-refractivity contribution < 1.29 is 0 Å². The molecular formula is C14H16N2. The van der Waals surface area contributed by atoms with Gasteiger partial charge in [-0.3, -0.25) is 4.98 Å². The van der Waals surface area contributed by atoms with Crippen molar-refractivity contribution in [2.24, 2.45) is 5.73 Å². The molecule has 0 aliphatic rings. The predicted molar refractivity (Wildman–Crippen MR) is 68.1 cm³/mol. The van der Waals surface area contributed by atoms with Gasteiger partial charge in [-0.15, -0.1) is 6.58 Å². The summed E-state index contributed by atoms with van der Waals surface area (Å²) >= 11 is 0. The minimum absolute atomic E-state index is 0.0385. The fourth-order valence-corrected chi connectivity index (χ4v) is 1.88. The van der Waals surface area contributed by atoms with E-state index < -0.39 is 0 Å². The first-order valence-corrected chi connectivity index (χ1v) is 5.53. The molecule has 16 heavy (non-hydrogen) atoms. The van der Waals surface area contributed by atoms with E-state index in [4.69, 9.17) is 5.73 Å². The third-order valence-corrected chi connectivity index (χ3v) is 2.75. The number of fused-ring (bicyclic) bond motifs is 1. The van der Waals surface area contributed by atoms with Gasteiger partial charge in [0, 0.05) is 17.6 Å². The maximum atomic E-state index is 6.16. The number of allylic oxidation sites excluding steroid dienone is 1. The van der Waals surface area contributed by atoms with Crippen molar-refractivity contribution in [3.8, 4) is 0 Å². The van der Waals surface area contributed by atoms with Gasteiger partial charge in [0.15, 0.2) is 0 Å². The maximum absolute atomic E-state index is 6.16. The standard InChI is InChI=1S/C14H16N2/c1-2-3-9-13(15)12-8-4-6-11-7-5-10-16-14(11)12/h2,4-8,10,13H,1,3,9,15H2. The Balaban J connectivity index is 2.39. The van der Waals surface area contributed by atoms with Gasteiger partial charge in [-0.05, 0) is 24.5 Å². The molecule has 1 aromatic heterocycles. The molecule has 0 saturated carbocycles.